The van der Waals surface area contributed by atoms with Gasteiger partial charge in [0, 0.05) is 23.7 Å². The van der Waals surface area contributed by atoms with Crippen molar-refractivity contribution in [1.29, 1.82) is 0 Å². The number of rotatable bonds is 4. The second kappa shape index (κ2) is 8.66. The maximum atomic E-state index is 13.3. The Morgan fingerprint density at radius 1 is 1.14 bits per heavy atom. The van der Waals surface area contributed by atoms with Crippen LogP contribution in [0.1, 0.15) is 36.2 Å². The van der Waals surface area contributed by atoms with E-state index >= 15 is 0 Å². The molecule has 0 bridgehead atoms. The minimum absolute atomic E-state index is 0.255. The van der Waals surface area contributed by atoms with Crippen LogP contribution in [0.3, 0.4) is 0 Å². The van der Waals surface area contributed by atoms with Crippen molar-refractivity contribution in [1.82, 2.24) is 14.8 Å². The molecule has 2 heterocycles. The Kier molecular flexibility index (Phi) is 5.81. The van der Waals surface area contributed by atoms with E-state index in [2.05, 4.69) is 20.1 Å². The van der Waals surface area contributed by atoms with Gasteiger partial charge in [0.05, 0.1) is 6.54 Å². The lowest BCUT2D eigenvalue weighted by Gasteiger charge is -2.23. The molecule has 2 amide bonds. The normalized spacial score (nSPS) is 13.4. The summed E-state index contributed by atoms with van der Waals surface area (Å²) in [5.74, 6) is 1.53. The second-order valence-electron chi connectivity index (χ2n) is 7.33. The Morgan fingerprint density at radius 2 is 2.00 bits per heavy atom. The smallest absolute Gasteiger partial charge is 0.307 e. The van der Waals surface area contributed by atoms with Crippen molar-refractivity contribution < 1.29 is 4.79 Å². The number of fused-ring (bicyclic) bond motifs is 1. The molecule has 1 aliphatic rings. The summed E-state index contributed by atoms with van der Waals surface area (Å²) in [4.78, 5) is 15.0. The number of hydrogen-bond donors (Lipinski definition) is 1. The third-order valence-electron chi connectivity index (χ3n) is 5.24. The lowest BCUT2D eigenvalue weighted by atomic mass is 10.1. The number of carbonyl (C=O) groups is 1. The van der Waals surface area contributed by atoms with Crippen LogP contribution in [0.2, 0.25) is 5.02 Å². The topological polar surface area (TPSA) is 63.1 Å². The van der Waals surface area contributed by atoms with E-state index in [0.717, 1.165) is 49.2 Å². The van der Waals surface area contributed by atoms with Gasteiger partial charge in [-0.1, -0.05) is 48.4 Å². The van der Waals surface area contributed by atoms with Crippen molar-refractivity contribution in [2.45, 2.75) is 45.7 Å². The van der Waals surface area contributed by atoms with Crippen LogP contribution in [0, 0.1) is 6.92 Å². The first-order chi connectivity index (χ1) is 14.1. The molecule has 0 spiro atoms. The standard InChI is InChI=1S/C22H24ClN5O/c1-16-8-4-5-9-17(16)15-28(22(29)24-19-11-7-10-18(23)14-19)21-26-25-20-12-3-2-6-13-27(20)21/h4-5,7-11,14H,2-3,6,12-13,15H2,1H3,(H,24,29). The minimum atomic E-state index is -0.255. The van der Waals surface area contributed by atoms with Gasteiger partial charge in [-0.25, -0.2) is 4.79 Å². The summed E-state index contributed by atoms with van der Waals surface area (Å²) in [6.07, 6.45) is 4.22. The van der Waals surface area contributed by atoms with Crippen molar-refractivity contribution >= 4 is 29.3 Å². The molecule has 4 rings (SSSR count). The fraction of sp³-hybridized carbons (Fsp3) is 0.318. The van der Waals surface area contributed by atoms with Crippen LogP contribution >= 0.6 is 11.6 Å². The monoisotopic (exact) mass is 409 g/mol. The van der Waals surface area contributed by atoms with Gasteiger partial charge in [-0.3, -0.25) is 9.47 Å². The van der Waals surface area contributed by atoms with Crippen molar-refractivity contribution in [3.05, 3.63) is 70.5 Å². The molecule has 0 aliphatic carbocycles. The maximum absolute atomic E-state index is 13.3. The number of anilines is 2. The first-order valence-corrected chi connectivity index (χ1v) is 10.3. The van der Waals surface area contributed by atoms with E-state index in [1.165, 1.54) is 0 Å². The number of aromatic nitrogens is 3. The van der Waals surface area contributed by atoms with Gasteiger partial charge in [-0.05, 0) is 49.1 Å². The van der Waals surface area contributed by atoms with Gasteiger partial charge < -0.3 is 5.32 Å². The van der Waals surface area contributed by atoms with Crippen LogP contribution in [-0.2, 0) is 19.5 Å². The molecular weight excluding hydrogens is 386 g/mol. The van der Waals surface area contributed by atoms with Gasteiger partial charge in [0.2, 0.25) is 5.95 Å². The van der Waals surface area contributed by atoms with Crippen molar-refractivity contribution in [2.24, 2.45) is 0 Å². The number of benzene rings is 2. The molecule has 29 heavy (non-hydrogen) atoms. The predicted molar refractivity (Wildman–Crippen MR) is 115 cm³/mol. The molecule has 1 N–H and O–H groups in total. The highest BCUT2D eigenvalue weighted by Gasteiger charge is 2.25. The highest BCUT2D eigenvalue weighted by molar-refractivity contribution is 6.30. The summed E-state index contributed by atoms with van der Waals surface area (Å²) >= 11 is 6.08. The number of carbonyl (C=O) groups excluding carboxylic acids is 1. The molecule has 0 fully saturated rings. The Balaban J connectivity index is 1.68. The van der Waals surface area contributed by atoms with E-state index in [4.69, 9.17) is 11.6 Å². The number of aryl methyl sites for hydroxylation is 2. The summed E-state index contributed by atoms with van der Waals surface area (Å²) in [6, 6.07) is 15.0. The largest absolute Gasteiger partial charge is 0.329 e. The summed E-state index contributed by atoms with van der Waals surface area (Å²) in [5, 5.41) is 12.3. The second-order valence-corrected chi connectivity index (χ2v) is 7.77. The molecule has 0 saturated heterocycles. The summed E-state index contributed by atoms with van der Waals surface area (Å²) in [6.45, 7) is 3.29. The molecule has 2 aromatic carbocycles. The Hall–Kier alpha value is -2.86. The quantitative estimate of drug-likeness (QED) is 0.643. The highest BCUT2D eigenvalue weighted by atomic mass is 35.5. The van der Waals surface area contributed by atoms with E-state index in [1.807, 2.05) is 43.3 Å². The van der Waals surface area contributed by atoms with Crippen molar-refractivity contribution in [3.8, 4) is 0 Å². The summed E-state index contributed by atoms with van der Waals surface area (Å²) in [5.41, 5.74) is 2.84. The zero-order valence-corrected chi connectivity index (χ0v) is 17.2. The van der Waals surface area contributed by atoms with Gasteiger partial charge in [-0.15, -0.1) is 10.2 Å². The molecule has 1 aromatic heterocycles. The maximum Gasteiger partial charge on any atom is 0.329 e. The predicted octanol–water partition coefficient (Wildman–Crippen LogP) is 5.21. The van der Waals surface area contributed by atoms with Crippen LogP contribution in [0.4, 0.5) is 16.4 Å². The van der Waals surface area contributed by atoms with Crippen molar-refractivity contribution in [2.75, 3.05) is 10.2 Å². The van der Waals surface area contributed by atoms with Crippen LogP contribution in [0.15, 0.2) is 48.5 Å². The van der Waals surface area contributed by atoms with E-state index < -0.39 is 0 Å². The molecular formula is C22H24ClN5O. The van der Waals surface area contributed by atoms with Crippen LogP contribution < -0.4 is 10.2 Å². The zero-order chi connectivity index (χ0) is 20.2. The molecule has 0 atom stereocenters. The average molecular weight is 410 g/mol. The van der Waals surface area contributed by atoms with Crippen LogP contribution in [0.25, 0.3) is 0 Å². The summed E-state index contributed by atoms with van der Waals surface area (Å²) < 4.78 is 2.09. The fourth-order valence-electron chi connectivity index (χ4n) is 3.62. The van der Waals surface area contributed by atoms with Crippen molar-refractivity contribution in [3.63, 3.8) is 0 Å². The molecule has 7 heteroatoms. The molecule has 150 valence electrons. The van der Waals surface area contributed by atoms with Gasteiger partial charge in [0.15, 0.2) is 0 Å². The number of urea groups is 1. The molecule has 0 unspecified atom stereocenters. The number of nitrogens with zero attached hydrogens (tertiary/aromatic N) is 4. The van der Waals surface area contributed by atoms with Gasteiger partial charge in [-0.2, -0.15) is 0 Å². The number of hydrogen-bond acceptors (Lipinski definition) is 3. The lowest BCUT2D eigenvalue weighted by Crippen LogP contribution is -2.37. The molecule has 3 aromatic rings. The van der Waals surface area contributed by atoms with E-state index in [1.54, 1.807) is 17.0 Å². The zero-order valence-electron chi connectivity index (χ0n) is 16.4. The SMILES string of the molecule is Cc1ccccc1CN(C(=O)Nc1cccc(Cl)c1)c1nnc2n1CCCCC2. The first-order valence-electron chi connectivity index (χ1n) is 9.92. The number of amides is 2. The molecule has 6 nitrogen and oxygen atoms in total. The number of halogens is 1. The number of nitrogens with one attached hydrogen (secondary N) is 1. The van der Waals surface area contributed by atoms with Gasteiger partial charge in [0.1, 0.15) is 5.82 Å². The lowest BCUT2D eigenvalue weighted by molar-refractivity contribution is 0.256. The third kappa shape index (κ3) is 4.43. The summed E-state index contributed by atoms with van der Waals surface area (Å²) in [7, 11) is 0. The van der Waals surface area contributed by atoms with E-state index in [-0.39, 0.29) is 6.03 Å². The Bertz CT molecular complexity index is 1020. The van der Waals surface area contributed by atoms with Gasteiger partial charge in [0.25, 0.3) is 0 Å². The molecule has 1 aliphatic heterocycles. The Morgan fingerprint density at radius 3 is 2.83 bits per heavy atom. The average Bonchev–Trinajstić information content (AvgIpc) is 2.94. The van der Waals surface area contributed by atoms with E-state index in [0.29, 0.717) is 23.2 Å². The molecule has 0 saturated carbocycles. The third-order valence-corrected chi connectivity index (χ3v) is 5.48. The fourth-order valence-corrected chi connectivity index (χ4v) is 3.81. The minimum Gasteiger partial charge on any atom is -0.307 e. The van der Waals surface area contributed by atoms with Crippen LogP contribution in [0.5, 0.6) is 0 Å². The Labute approximate surface area is 175 Å². The molecule has 0 radical (unpaired) electrons. The highest BCUT2D eigenvalue weighted by Crippen LogP contribution is 2.24. The van der Waals surface area contributed by atoms with Crippen LogP contribution in [-0.4, -0.2) is 20.8 Å². The first kappa shape index (κ1) is 19.5. The van der Waals surface area contributed by atoms with E-state index in [9.17, 15) is 4.79 Å². The van der Waals surface area contributed by atoms with Gasteiger partial charge >= 0.3 is 6.03 Å².